The molecule has 6 heteroatoms. The molecule has 1 aromatic rings. The third kappa shape index (κ3) is 2.85. The number of hydrogen-bond acceptors (Lipinski definition) is 4. The summed E-state index contributed by atoms with van der Waals surface area (Å²) in [7, 11) is 0. The van der Waals surface area contributed by atoms with Gasteiger partial charge in [-0.05, 0) is 25.1 Å². The van der Waals surface area contributed by atoms with Crippen molar-refractivity contribution in [1.82, 2.24) is 0 Å². The van der Waals surface area contributed by atoms with Crippen molar-refractivity contribution in [1.29, 1.82) is 5.41 Å². The second-order valence-electron chi connectivity index (χ2n) is 4.72. The van der Waals surface area contributed by atoms with Crippen LogP contribution in [0.3, 0.4) is 0 Å². The van der Waals surface area contributed by atoms with Crippen LogP contribution in [0, 0.1) is 11.2 Å². The maximum absolute atomic E-state index is 14.1. The molecule has 0 spiro atoms. The van der Waals surface area contributed by atoms with Crippen LogP contribution in [0.4, 0.5) is 10.1 Å². The summed E-state index contributed by atoms with van der Waals surface area (Å²) in [4.78, 5) is 1.86. The van der Waals surface area contributed by atoms with Crippen molar-refractivity contribution in [3.05, 3.63) is 29.6 Å². The van der Waals surface area contributed by atoms with E-state index in [2.05, 4.69) is 0 Å². The Morgan fingerprint density at radius 3 is 2.95 bits per heavy atom. The van der Waals surface area contributed by atoms with Crippen LogP contribution in [0.15, 0.2) is 18.2 Å². The number of aliphatic hydroxyl groups is 1. The topological polar surface area (TPSA) is 82.6 Å². The fourth-order valence-electron chi connectivity index (χ4n) is 2.17. The number of anilines is 1. The number of ether oxygens (including phenoxy) is 1. The predicted molar refractivity (Wildman–Crippen MR) is 71.0 cm³/mol. The van der Waals surface area contributed by atoms with Gasteiger partial charge in [0.05, 0.1) is 25.0 Å². The number of hydrogen-bond donors (Lipinski definition) is 3. The Morgan fingerprint density at radius 1 is 1.63 bits per heavy atom. The van der Waals surface area contributed by atoms with Crippen molar-refractivity contribution in [2.45, 2.75) is 19.1 Å². The number of rotatable bonds is 3. The maximum Gasteiger partial charge on any atom is 0.147 e. The van der Waals surface area contributed by atoms with Crippen LogP contribution in [0.2, 0.25) is 0 Å². The Labute approximate surface area is 111 Å². The Morgan fingerprint density at radius 2 is 2.37 bits per heavy atom. The number of nitrogens with two attached hydrogens (primary N) is 1. The molecule has 0 aromatic heterocycles. The molecule has 0 saturated carbocycles. The summed E-state index contributed by atoms with van der Waals surface area (Å²) in [6, 6.07) is 4.52. The molecule has 5 nitrogen and oxygen atoms in total. The van der Waals surface area contributed by atoms with E-state index in [0.29, 0.717) is 24.4 Å². The van der Waals surface area contributed by atoms with Gasteiger partial charge < -0.3 is 20.5 Å². The first-order chi connectivity index (χ1) is 9.02. The van der Waals surface area contributed by atoms with Crippen LogP contribution >= 0.6 is 0 Å². The first-order valence-electron chi connectivity index (χ1n) is 6.16. The summed E-state index contributed by atoms with van der Waals surface area (Å²) < 4.78 is 19.5. The van der Waals surface area contributed by atoms with Crippen LogP contribution in [-0.2, 0) is 4.74 Å². The van der Waals surface area contributed by atoms with Gasteiger partial charge in [-0.3, -0.25) is 5.41 Å². The normalized spacial score (nSPS) is 23.4. The van der Waals surface area contributed by atoms with E-state index in [-0.39, 0.29) is 24.6 Å². The van der Waals surface area contributed by atoms with Gasteiger partial charge in [0, 0.05) is 18.2 Å². The number of halogens is 1. The third-order valence-electron chi connectivity index (χ3n) is 3.28. The van der Waals surface area contributed by atoms with Gasteiger partial charge in [0.15, 0.2) is 0 Å². The van der Waals surface area contributed by atoms with Crippen LogP contribution in [0.1, 0.15) is 12.5 Å². The minimum Gasteiger partial charge on any atom is -0.394 e. The summed E-state index contributed by atoms with van der Waals surface area (Å²) in [5, 5.41) is 16.4. The molecule has 1 heterocycles. The zero-order chi connectivity index (χ0) is 14.0. The van der Waals surface area contributed by atoms with Gasteiger partial charge in [-0.2, -0.15) is 0 Å². The third-order valence-corrected chi connectivity index (χ3v) is 3.28. The van der Waals surface area contributed by atoms with E-state index in [1.165, 1.54) is 6.07 Å². The van der Waals surface area contributed by atoms with E-state index >= 15 is 0 Å². The van der Waals surface area contributed by atoms with Crippen molar-refractivity contribution in [3.63, 3.8) is 0 Å². The van der Waals surface area contributed by atoms with Crippen molar-refractivity contribution < 1.29 is 14.2 Å². The molecule has 2 unspecified atom stereocenters. The van der Waals surface area contributed by atoms with Crippen LogP contribution in [0.25, 0.3) is 0 Å². The molecule has 104 valence electrons. The first-order valence-corrected chi connectivity index (χ1v) is 6.16. The van der Waals surface area contributed by atoms with Crippen molar-refractivity contribution in [2.24, 2.45) is 5.73 Å². The van der Waals surface area contributed by atoms with E-state index < -0.39 is 5.82 Å². The molecule has 0 bridgehead atoms. The van der Waals surface area contributed by atoms with Crippen molar-refractivity contribution in [3.8, 4) is 0 Å². The average Bonchev–Trinajstić information content (AvgIpc) is 2.39. The minimum atomic E-state index is -0.418. The Kier molecular flexibility index (Phi) is 4.01. The molecule has 0 radical (unpaired) electrons. The van der Waals surface area contributed by atoms with Crippen LogP contribution < -0.4 is 10.6 Å². The summed E-state index contributed by atoms with van der Waals surface area (Å²) >= 11 is 0. The fourth-order valence-corrected chi connectivity index (χ4v) is 2.17. The number of nitrogen functional groups attached to an aromatic ring is 1. The SMILES string of the molecule is CC1COC(CO)CN1c1ccc(C(=N)N)cc1F. The van der Waals surface area contributed by atoms with E-state index in [4.69, 9.17) is 21.0 Å². The predicted octanol–water partition coefficient (Wildman–Crippen LogP) is 0.696. The molecule has 2 atom stereocenters. The van der Waals surface area contributed by atoms with Gasteiger partial charge in [0.1, 0.15) is 11.7 Å². The molecular formula is C13H18FN3O2. The van der Waals surface area contributed by atoms with Gasteiger partial charge in [0.25, 0.3) is 0 Å². The molecule has 1 aliphatic heterocycles. The molecule has 1 aromatic carbocycles. The number of nitrogens with zero attached hydrogens (tertiary/aromatic N) is 1. The standard InChI is InChI=1S/C13H18FN3O2/c1-8-7-19-10(6-18)5-17(8)12-3-2-9(13(15)16)4-11(12)14/h2-4,8,10,18H,5-7H2,1H3,(H3,15,16). The second kappa shape index (κ2) is 5.54. The lowest BCUT2D eigenvalue weighted by atomic mass is 10.1. The summed E-state index contributed by atoms with van der Waals surface area (Å²) in [6.45, 7) is 2.73. The van der Waals surface area contributed by atoms with Crippen molar-refractivity contribution in [2.75, 3.05) is 24.7 Å². The first kappa shape index (κ1) is 13.8. The Balaban J connectivity index is 2.27. The average molecular weight is 267 g/mol. The Hall–Kier alpha value is -1.66. The van der Waals surface area contributed by atoms with E-state index in [0.717, 1.165) is 0 Å². The molecule has 1 fully saturated rings. The van der Waals surface area contributed by atoms with Gasteiger partial charge in [-0.1, -0.05) is 0 Å². The van der Waals surface area contributed by atoms with Crippen LogP contribution in [0.5, 0.6) is 0 Å². The van der Waals surface area contributed by atoms with Crippen molar-refractivity contribution >= 4 is 11.5 Å². The monoisotopic (exact) mass is 267 g/mol. The number of aliphatic hydroxyl groups excluding tert-OH is 1. The van der Waals surface area contributed by atoms with Gasteiger partial charge in [0.2, 0.25) is 0 Å². The molecule has 2 rings (SSSR count). The highest BCUT2D eigenvalue weighted by atomic mass is 19.1. The van der Waals surface area contributed by atoms with Crippen LogP contribution in [-0.4, -0.2) is 42.8 Å². The largest absolute Gasteiger partial charge is 0.394 e. The minimum absolute atomic E-state index is 0.0282. The van der Waals surface area contributed by atoms with E-state index in [1.54, 1.807) is 12.1 Å². The lowest BCUT2D eigenvalue weighted by Crippen LogP contribution is -2.50. The highest BCUT2D eigenvalue weighted by Gasteiger charge is 2.27. The lowest BCUT2D eigenvalue weighted by Gasteiger charge is -2.39. The number of amidine groups is 1. The summed E-state index contributed by atoms with van der Waals surface area (Å²) in [5.74, 6) is -0.577. The number of morpholine rings is 1. The molecule has 4 N–H and O–H groups in total. The quantitative estimate of drug-likeness (QED) is 0.556. The Bertz CT molecular complexity index is 481. The zero-order valence-electron chi connectivity index (χ0n) is 10.8. The molecule has 19 heavy (non-hydrogen) atoms. The van der Waals surface area contributed by atoms with Gasteiger partial charge in [-0.25, -0.2) is 4.39 Å². The van der Waals surface area contributed by atoms with E-state index in [1.807, 2.05) is 11.8 Å². The molecular weight excluding hydrogens is 249 g/mol. The summed E-state index contributed by atoms with van der Waals surface area (Å²) in [6.07, 6.45) is -0.303. The number of nitrogens with one attached hydrogen (secondary N) is 1. The smallest absolute Gasteiger partial charge is 0.147 e. The maximum atomic E-state index is 14.1. The zero-order valence-corrected chi connectivity index (χ0v) is 10.8. The molecule has 0 aliphatic carbocycles. The second-order valence-corrected chi connectivity index (χ2v) is 4.72. The number of benzene rings is 1. The van der Waals surface area contributed by atoms with Gasteiger partial charge in [-0.15, -0.1) is 0 Å². The van der Waals surface area contributed by atoms with E-state index in [9.17, 15) is 4.39 Å². The summed E-state index contributed by atoms with van der Waals surface area (Å²) in [5.41, 5.74) is 6.14. The molecule has 1 saturated heterocycles. The lowest BCUT2D eigenvalue weighted by molar-refractivity contribution is -0.0105. The fraction of sp³-hybridized carbons (Fsp3) is 0.462. The molecule has 1 aliphatic rings. The van der Waals surface area contributed by atoms with Gasteiger partial charge >= 0.3 is 0 Å². The highest BCUT2D eigenvalue weighted by molar-refractivity contribution is 5.95. The highest BCUT2D eigenvalue weighted by Crippen LogP contribution is 2.25. The molecule has 0 amide bonds.